The van der Waals surface area contributed by atoms with Crippen LogP contribution in [0.25, 0.3) is 0 Å². The molecule has 1 aliphatic heterocycles. The Labute approximate surface area is 159 Å². The second-order valence-corrected chi connectivity index (χ2v) is 7.82. The molecule has 0 bridgehead atoms. The third kappa shape index (κ3) is 5.17. The zero-order valence-corrected chi connectivity index (χ0v) is 16.2. The summed E-state index contributed by atoms with van der Waals surface area (Å²) < 4.78 is 24.3. The molecule has 0 N–H and O–H groups in total. The van der Waals surface area contributed by atoms with Gasteiger partial charge in [0.2, 0.25) is 0 Å². The molecule has 0 unspecified atom stereocenters. The first kappa shape index (κ1) is 19.6. The Morgan fingerprint density at radius 2 is 1.74 bits per heavy atom. The van der Waals surface area contributed by atoms with Gasteiger partial charge in [-0.05, 0) is 50.6 Å². The minimum atomic E-state index is -0.238. The van der Waals surface area contributed by atoms with Crippen LogP contribution in [-0.4, -0.2) is 47.5 Å². The molecule has 1 aliphatic rings. The number of furan rings is 1. The molecule has 2 heterocycles. The van der Waals surface area contributed by atoms with Crippen LogP contribution in [0.15, 0.2) is 40.8 Å². The lowest BCUT2D eigenvalue weighted by molar-refractivity contribution is 0.0279. The van der Waals surface area contributed by atoms with Crippen LogP contribution in [0.2, 0.25) is 0 Å². The first-order valence-corrected chi connectivity index (χ1v) is 9.28. The van der Waals surface area contributed by atoms with E-state index in [2.05, 4.69) is 25.7 Å². The lowest BCUT2D eigenvalue weighted by atomic mass is 10.0. The number of amides is 1. The van der Waals surface area contributed by atoms with E-state index in [1.165, 1.54) is 12.1 Å². The molecule has 1 aromatic heterocycles. The predicted octanol–water partition coefficient (Wildman–Crippen LogP) is 3.69. The van der Waals surface area contributed by atoms with Gasteiger partial charge in [0.05, 0.1) is 19.8 Å². The lowest BCUT2D eigenvalue weighted by Crippen LogP contribution is -2.40. The van der Waals surface area contributed by atoms with Crippen molar-refractivity contribution in [3.63, 3.8) is 0 Å². The van der Waals surface area contributed by atoms with Gasteiger partial charge in [0.15, 0.2) is 5.76 Å². The molecule has 0 radical (unpaired) electrons. The third-order valence-electron chi connectivity index (χ3n) is 4.75. The Kier molecular flexibility index (Phi) is 5.97. The highest BCUT2D eigenvalue weighted by atomic mass is 19.1. The maximum Gasteiger partial charge on any atom is 0.289 e. The molecule has 146 valence electrons. The van der Waals surface area contributed by atoms with Gasteiger partial charge in [0.1, 0.15) is 11.6 Å². The van der Waals surface area contributed by atoms with Crippen molar-refractivity contribution in [1.82, 2.24) is 9.80 Å². The SMILES string of the molecule is CC(C)(C)N(Cc1ccc(F)cc1)Cc1ccc(C(=O)N2CCOCC2)o1. The monoisotopic (exact) mass is 374 g/mol. The van der Waals surface area contributed by atoms with E-state index in [1.807, 2.05) is 6.07 Å². The summed E-state index contributed by atoms with van der Waals surface area (Å²) in [6.45, 7) is 9.91. The van der Waals surface area contributed by atoms with Crippen LogP contribution in [0.4, 0.5) is 4.39 Å². The second-order valence-electron chi connectivity index (χ2n) is 7.82. The summed E-state index contributed by atoms with van der Waals surface area (Å²) in [6.07, 6.45) is 0. The number of rotatable bonds is 5. The van der Waals surface area contributed by atoms with Gasteiger partial charge < -0.3 is 14.1 Å². The van der Waals surface area contributed by atoms with Crippen LogP contribution in [-0.2, 0) is 17.8 Å². The standard InChI is InChI=1S/C21H27FN2O3/c1-21(2,3)24(14-16-4-6-17(22)7-5-16)15-18-8-9-19(27-18)20(25)23-10-12-26-13-11-23/h4-9H,10-15H2,1-3H3. The van der Waals surface area contributed by atoms with E-state index in [9.17, 15) is 9.18 Å². The molecule has 2 aromatic rings. The Morgan fingerprint density at radius 1 is 1.07 bits per heavy atom. The first-order chi connectivity index (χ1) is 12.8. The van der Waals surface area contributed by atoms with Gasteiger partial charge >= 0.3 is 0 Å². The molecular formula is C21H27FN2O3. The Bertz CT molecular complexity index is 758. The lowest BCUT2D eigenvalue weighted by Gasteiger charge is -2.35. The molecule has 0 aliphatic carbocycles. The quantitative estimate of drug-likeness (QED) is 0.801. The Balaban J connectivity index is 1.69. The van der Waals surface area contributed by atoms with Crippen molar-refractivity contribution in [3.8, 4) is 0 Å². The summed E-state index contributed by atoms with van der Waals surface area (Å²) in [4.78, 5) is 16.5. The van der Waals surface area contributed by atoms with Gasteiger partial charge in [-0.2, -0.15) is 0 Å². The second kappa shape index (κ2) is 8.23. The molecule has 1 fully saturated rings. The van der Waals surface area contributed by atoms with Crippen LogP contribution >= 0.6 is 0 Å². The normalized spacial score (nSPS) is 15.4. The maximum absolute atomic E-state index is 13.2. The van der Waals surface area contributed by atoms with E-state index >= 15 is 0 Å². The largest absolute Gasteiger partial charge is 0.455 e. The zero-order valence-electron chi connectivity index (χ0n) is 16.2. The van der Waals surface area contributed by atoms with Crippen molar-refractivity contribution in [3.05, 3.63) is 59.3 Å². The maximum atomic E-state index is 13.2. The minimum Gasteiger partial charge on any atom is -0.455 e. The van der Waals surface area contributed by atoms with Crippen molar-refractivity contribution < 1.29 is 18.3 Å². The zero-order chi connectivity index (χ0) is 19.4. The molecule has 6 heteroatoms. The first-order valence-electron chi connectivity index (χ1n) is 9.28. The minimum absolute atomic E-state index is 0.0922. The van der Waals surface area contributed by atoms with Crippen molar-refractivity contribution >= 4 is 5.91 Å². The summed E-state index contributed by atoms with van der Waals surface area (Å²) in [7, 11) is 0. The molecule has 1 aromatic carbocycles. The highest BCUT2D eigenvalue weighted by Crippen LogP contribution is 2.22. The fourth-order valence-corrected chi connectivity index (χ4v) is 3.03. The van der Waals surface area contributed by atoms with E-state index in [1.54, 1.807) is 23.1 Å². The number of halogens is 1. The third-order valence-corrected chi connectivity index (χ3v) is 4.75. The Morgan fingerprint density at radius 3 is 2.37 bits per heavy atom. The van der Waals surface area contributed by atoms with Crippen molar-refractivity contribution in [2.75, 3.05) is 26.3 Å². The molecule has 27 heavy (non-hydrogen) atoms. The fourth-order valence-electron chi connectivity index (χ4n) is 3.03. The smallest absolute Gasteiger partial charge is 0.289 e. The fraction of sp³-hybridized carbons (Fsp3) is 0.476. The number of carbonyl (C=O) groups is 1. The highest BCUT2D eigenvalue weighted by molar-refractivity contribution is 5.91. The highest BCUT2D eigenvalue weighted by Gasteiger charge is 2.25. The summed E-state index contributed by atoms with van der Waals surface area (Å²) in [6, 6.07) is 10.1. The van der Waals surface area contributed by atoms with Crippen LogP contribution < -0.4 is 0 Å². The van der Waals surface area contributed by atoms with E-state index in [0.29, 0.717) is 45.2 Å². The number of hydrogen-bond donors (Lipinski definition) is 0. The number of morpholine rings is 1. The van der Waals surface area contributed by atoms with E-state index in [4.69, 9.17) is 9.15 Å². The van der Waals surface area contributed by atoms with Crippen LogP contribution in [0, 0.1) is 5.82 Å². The molecule has 0 spiro atoms. The number of ether oxygens (including phenoxy) is 1. The molecule has 1 amide bonds. The molecule has 5 nitrogen and oxygen atoms in total. The average molecular weight is 374 g/mol. The number of carbonyl (C=O) groups excluding carboxylic acids is 1. The Hall–Kier alpha value is -2.18. The molecular weight excluding hydrogens is 347 g/mol. The number of benzene rings is 1. The van der Waals surface area contributed by atoms with Crippen LogP contribution in [0.5, 0.6) is 0 Å². The van der Waals surface area contributed by atoms with E-state index in [-0.39, 0.29) is 17.3 Å². The van der Waals surface area contributed by atoms with Gasteiger partial charge in [-0.3, -0.25) is 9.69 Å². The van der Waals surface area contributed by atoms with Crippen LogP contribution in [0.3, 0.4) is 0 Å². The van der Waals surface area contributed by atoms with E-state index < -0.39 is 0 Å². The van der Waals surface area contributed by atoms with Gasteiger partial charge in [-0.25, -0.2) is 4.39 Å². The van der Waals surface area contributed by atoms with Gasteiger partial charge in [0, 0.05) is 25.2 Å². The predicted molar refractivity (Wildman–Crippen MR) is 101 cm³/mol. The summed E-state index contributed by atoms with van der Waals surface area (Å²) >= 11 is 0. The van der Waals surface area contributed by atoms with Gasteiger partial charge in [0.25, 0.3) is 5.91 Å². The molecule has 1 saturated heterocycles. The summed E-state index contributed by atoms with van der Waals surface area (Å²) in [5.41, 5.74) is 0.915. The van der Waals surface area contributed by atoms with E-state index in [0.717, 1.165) is 11.3 Å². The van der Waals surface area contributed by atoms with Crippen molar-refractivity contribution in [2.45, 2.75) is 39.4 Å². The summed E-state index contributed by atoms with van der Waals surface area (Å²) in [5, 5.41) is 0. The topological polar surface area (TPSA) is 45.9 Å². The van der Waals surface area contributed by atoms with Crippen molar-refractivity contribution in [1.29, 1.82) is 0 Å². The number of hydrogen-bond acceptors (Lipinski definition) is 4. The van der Waals surface area contributed by atoms with Crippen molar-refractivity contribution in [2.24, 2.45) is 0 Å². The molecule has 3 rings (SSSR count). The van der Waals surface area contributed by atoms with Crippen LogP contribution in [0.1, 0.15) is 42.6 Å². The summed E-state index contributed by atoms with van der Waals surface area (Å²) in [5.74, 6) is 0.773. The number of nitrogens with zero attached hydrogens (tertiary/aromatic N) is 2. The average Bonchev–Trinajstić information content (AvgIpc) is 3.11. The molecule has 0 atom stereocenters. The van der Waals surface area contributed by atoms with Gasteiger partial charge in [-0.15, -0.1) is 0 Å². The molecule has 0 saturated carbocycles. The van der Waals surface area contributed by atoms with Gasteiger partial charge in [-0.1, -0.05) is 12.1 Å².